The Bertz CT molecular complexity index is 1680. The Hall–Kier alpha value is -4.02. The van der Waals surface area contributed by atoms with Gasteiger partial charge in [0.15, 0.2) is 5.82 Å². The number of allylic oxidation sites excluding steroid dienone is 1. The van der Waals surface area contributed by atoms with Crippen molar-refractivity contribution in [3.8, 4) is 5.69 Å². The van der Waals surface area contributed by atoms with Gasteiger partial charge in [-0.1, -0.05) is 44.2 Å². The minimum atomic E-state index is -3.72. The molecule has 0 amide bonds. The largest absolute Gasteiger partial charge is 0.465 e. The number of aromatic nitrogens is 2. The molecule has 1 aromatic heterocycles. The number of nitrogens with zero attached hydrogens (tertiary/aromatic N) is 5. The molecule has 3 aromatic rings. The lowest BCUT2D eigenvalue weighted by molar-refractivity contribution is 0.0600. The van der Waals surface area contributed by atoms with E-state index in [4.69, 9.17) is 14.8 Å². The van der Waals surface area contributed by atoms with E-state index in [1.165, 1.54) is 7.11 Å². The van der Waals surface area contributed by atoms with Crippen molar-refractivity contribution < 1.29 is 17.9 Å². The molecule has 0 radical (unpaired) electrons. The summed E-state index contributed by atoms with van der Waals surface area (Å²) < 4.78 is 36.1. The van der Waals surface area contributed by atoms with E-state index in [1.54, 1.807) is 34.8 Å². The smallest absolute Gasteiger partial charge is 0.337 e. The van der Waals surface area contributed by atoms with Crippen LogP contribution in [0.1, 0.15) is 53.5 Å². The van der Waals surface area contributed by atoms with Crippen LogP contribution in [-0.4, -0.2) is 59.4 Å². The Morgan fingerprint density at radius 2 is 1.66 bits per heavy atom. The molecular weight excluding hydrogens is 538 g/mol. The number of carbonyl (C=O) groups excluding carboxylic acids is 1. The van der Waals surface area contributed by atoms with E-state index >= 15 is 0 Å². The molecule has 9 nitrogen and oxygen atoms in total. The first kappa shape index (κ1) is 27.2. The second kappa shape index (κ2) is 10.4. The number of hydrogen-bond acceptors (Lipinski definition) is 7. The Kier molecular flexibility index (Phi) is 6.91. The SMILES string of the molecule is COC(=O)c1ccc([C@H]2c3c(C)nn(-c4ccccc4)c3N=C3C=CC(S(=O)(=O)N4C[C@H](C)C[C@H](C)C4)=CN32)cc1. The molecule has 0 spiro atoms. The van der Waals surface area contributed by atoms with Gasteiger partial charge in [0.25, 0.3) is 0 Å². The zero-order valence-electron chi connectivity index (χ0n) is 23.6. The predicted octanol–water partition coefficient (Wildman–Crippen LogP) is 5.12. The summed E-state index contributed by atoms with van der Waals surface area (Å²) >= 11 is 0. The van der Waals surface area contributed by atoms with Gasteiger partial charge in [-0.3, -0.25) is 0 Å². The normalized spacial score (nSPS) is 22.4. The van der Waals surface area contributed by atoms with E-state index in [1.807, 2.05) is 59.0 Å². The van der Waals surface area contributed by atoms with Crippen LogP contribution < -0.4 is 0 Å². The molecule has 10 heteroatoms. The fraction of sp³-hybridized carbons (Fsp3) is 0.323. The third kappa shape index (κ3) is 4.81. The number of piperidine rings is 1. The van der Waals surface area contributed by atoms with Crippen LogP contribution in [0, 0.1) is 18.8 Å². The lowest BCUT2D eigenvalue weighted by atomic mass is 9.94. The van der Waals surface area contributed by atoms with Gasteiger partial charge in [-0.25, -0.2) is 22.9 Å². The van der Waals surface area contributed by atoms with Crippen LogP contribution in [-0.2, 0) is 14.8 Å². The maximum atomic E-state index is 13.9. The molecule has 3 aliphatic rings. The molecule has 6 rings (SSSR count). The van der Waals surface area contributed by atoms with Gasteiger partial charge < -0.3 is 9.64 Å². The highest BCUT2D eigenvalue weighted by molar-refractivity contribution is 7.93. The highest BCUT2D eigenvalue weighted by Gasteiger charge is 2.39. The highest BCUT2D eigenvalue weighted by atomic mass is 32.2. The molecule has 3 atom stereocenters. The van der Waals surface area contributed by atoms with E-state index in [0.29, 0.717) is 42.1 Å². The zero-order valence-corrected chi connectivity index (χ0v) is 24.4. The van der Waals surface area contributed by atoms with Crippen molar-refractivity contribution >= 4 is 27.6 Å². The number of para-hydroxylation sites is 1. The van der Waals surface area contributed by atoms with Crippen molar-refractivity contribution in [2.24, 2.45) is 16.8 Å². The lowest BCUT2D eigenvalue weighted by Crippen LogP contribution is -2.44. The summed E-state index contributed by atoms with van der Waals surface area (Å²) in [6.07, 6.45) is 6.12. The van der Waals surface area contributed by atoms with Crippen LogP contribution in [0.2, 0.25) is 0 Å². The number of esters is 1. The van der Waals surface area contributed by atoms with Crippen molar-refractivity contribution in [3.63, 3.8) is 0 Å². The molecule has 212 valence electrons. The summed E-state index contributed by atoms with van der Waals surface area (Å²) in [5, 5.41) is 4.85. The minimum Gasteiger partial charge on any atom is -0.465 e. The van der Waals surface area contributed by atoms with Gasteiger partial charge in [-0.15, -0.1) is 0 Å². The van der Waals surface area contributed by atoms with E-state index < -0.39 is 22.0 Å². The zero-order chi connectivity index (χ0) is 28.9. The number of sulfonamides is 1. The second-order valence-corrected chi connectivity index (χ2v) is 13.0. The number of benzene rings is 2. The lowest BCUT2D eigenvalue weighted by Gasteiger charge is -2.38. The third-order valence-electron chi connectivity index (χ3n) is 7.90. The number of fused-ring (bicyclic) bond motifs is 2. The quantitative estimate of drug-likeness (QED) is 0.395. The van der Waals surface area contributed by atoms with Gasteiger partial charge in [0.2, 0.25) is 10.0 Å². The number of rotatable bonds is 5. The molecule has 1 fully saturated rings. The van der Waals surface area contributed by atoms with Crippen molar-refractivity contribution in [2.75, 3.05) is 20.2 Å². The van der Waals surface area contributed by atoms with Crippen molar-refractivity contribution in [3.05, 3.63) is 100 Å². The fourth-order valence-electron chi connectivity index (χ4n) is 6.09. The second-order valence-electron chi connectivity index (χ2n) is 11.1. The molecular formula is C31H33N5O4S. The Balaban J connectivity index is 1.48. The van der Waals surface area contributed by atoms with E-state index in [2.05, 4.69) is 13.8 Å². The number of hydrogen-bond donors (Lipinski definition) is 0. The average Bonchev–Trinajstić information content (AvgIpc) is 3.30. The Morgan fingerprint density at radius 1 is 0.976 bits per heavy atom. The molecule has 0 N–H and O–H groups in total. The predicted molar refractivity (Wildman–Crippen MR) is 158 cm³/mol. The van der Waals surface area contributed by atoms with Crippen LogP contribution in [0.3, 0.4) is 0 Å². The van der Waals surface area contributed by atoms with Crippen LogP contribution in [0.5, 0.6) is 0 Å². The standard InChI is InChI=1S/C31H33N5O4S/c1-20-16-21(2)18-34(17-20)41(38,39)26-14-15-27-32-30-28(22(3)33-36(30)25-8-6-5-7-9-25)29(35(27)19-26)23-10-12-24(13-11-23)31(37)40-4/h5-15,19-21,29H,16-18H2,1-4H3/t20-,21+,29-/m0/s1. The van der Waals surface area contributed by atoms with Crippen LogP contribution in [0.15, 0.2) is 82.8 Å². The van der Waals surface area contributed by atoms with Gasteiger partial charge in [-0.2, -0.15) is 9.40 Å². The number of methoxy groups -OCH3 is 1. The summed E-state index contributed by atoms with van der Waals surface area (Å²) in [6, 6.07) is 16.6. The summed E-state index contributed by atoms with van der Waals surface area (Å²) in [6.45, 7) is 7.14. The molecule has 3 aliphatic heterocycles. The fourth-order valence-corrected chi connectivity index (χ4v) is 7.78. The summed E-state index contributed by atoms with van der Waals surface area (Å²) in [7, 11) is -2.37. The molecule has 2 aromatic carbocycles. The first-order chi connectivity index (χ1) is 19.7. The van der Waals surface area contributed by atoms with Crippen molar-refractivity contribution in [1.29, 1.82) is 0 Å². The maximum absolute atomic E-state index is 13.9. The number of ether oxygens (including phenoxy) is 1. The van der Waals surface area contributed by atoms with E-state index in [9.17, 15) is 13.2 Å². The van der Waals surface area contributed by atoms with E-state index in [0.717, 1.165) is 28.9 Å². The Labute approximate surface area is 240 Å². The molecule has 0 unspecified atom stereocenters. The molecule has 41 heavy (non-hydrogen) atoms. The van der Waals surface area contributed by atoms with Gasteiger partial charge in [0.1, 0.15) is 5.84 Å². The topological polar surface area (TPSA) is 97.1 Å². The first-order valence-corrected chi connectivity index (χ1v) is 15.2. The summed E-state index contributed by atoms with van der Waals surface area (Å²) in [4.78, 5) is 19.3. The van der Waals surface area contributed by atoms with Gasteiger partial charge in [0.05, 0.1) is 35.0 Å². The molecule has 0 aliphatic carbocycles. The van der Waals surface area contributed by atoms with Crippen LogP contribution in [0.4, 0.5) is 5.82 Å². The monoisotopic (exact) mass is 571 g/mol. The van der Waals surface area contributed by atoms with Gasteiger partial charge in [-0.05, 0) is 67.2 Å². The van der Waals surface area contributed by atoms with Crippen LogP contribution in [0.25, 0.3) is 5.69 Å². The van der Waals surface area contributed by atoms with Gasteiger partial charge in [0, 0.05) is 24.9 Å². The van der Waals surface area contributed by atoms with Gasteiger partial charge >= 0.3 is 5.97 Å². The Morgan fingerprint density at radius 3 is 2.32 bits per heavy atom. The number of aryl methyl sites for hydroxylation is 1. The number of amidine groups is 1. The van der Waals surface area contributed by atoms with Crippen LogP contribution >= 0.6 is 0 Å². The molecule has 4 heterocycles. The summed E-state index contributed by atoms with van der Waals surface area (Å²) in [5.41, 5.74) is 3.82. The number of carbonyl (C=O) groups is 1. The molecule has 1 saturated heterocycles. The third-order valence-corrected chi connectivity index (χ3v) is 9.72. The van der Waals surface area contributed by atoms with Crippen molar-refractivity contribution in [2.45, 2.75) is 33.2 Å². The maximum Gasteiger partial charge on any atom is 0.337 e. The highest BCUT2D eigenvalue weighted by Crippen LogP contribution is 2.44. The molecule has 0 bridgehead atoms. The average molecular weight is 572 g/mol. The van der Waals surface area contributed by atoms with E-state index in [-0.39, 0.29) is 4.91 Å². The summed E-state index contributed by atoms with van der Waals surface area (Å²) in [5.74, 6) is 1.46. The number of aliphatic imine (C=N–C) groups is 1. The minimum absolute atomic E-state index is 0.227. The molecule has 0 saturated carbocycles. The van der Waals surface area contributed by atoms with Crippen molar-refractivity contribution in [1.82, 2.24) is 19.0 Å². The first-order valence-electron chi connectivity index (χ1n) is 13.8.